The lowest BCUT2D eigenvalue weighted by atomic mass is 10.0. The molecule has 6 heteroatoms. The fourth-order valence-electron chi connectivity index (χ4n) is 1.64. The van der Waals surface area contributed by atoms with Crippen LogP contribution in [0.15, 0.2) is 22.7 Å². The Bertz CT molecular complexity index is 551. The van der Waals surface area contributed by atoms with Crippen molar-refractivity contribution in [3.05, 3.63) is 34.1 Å². The van der Waals surface area contributed by atoms with Gasteiger partial charge in [-0.15, -0.1) is 0 Å². The Morgan fingerprint density at radius 2 is 2.12 bits per heavy atom. The average Bonchev–Trinajstić information content (AvgIpc) is 2.64. The van der Waals surface area contributed by atoms with E-state index in [1.807, 2.05) is 0 Å². The Hall–Kier alpha value is -1.10. The number of benzene rings is 1. The smallest absolute Gasteiger partial charge is 0.232 e. The molecule has 1 aromatic carbocycles. The lowest BCUT2D eigenvalue weighted by Gasteiger charge is -2.22. The van der Waals surface area contributed by atoms with E-state index >= 15 is 0 Å². The maximum absolute atomic E-state index is 6.08. The van der Waals surface area contributed by atoms with Crippen molar-refractivity contribution in [2.45, 2.75) is 5.92 Å². The van der Waals surface area contributed by atoms with E-state index in [0.29, 0.717) is 27.7 Å². The van der Waals surface area contributed by atoms with Crippen molar-refractivity contribution in [2.24, 2.45) is 0 Å². The monoisotopic (exact) mass is 269 g/mol. The van der Waals surface area contributed by atoms with Crippen LogP contribution in [0, 0.1) is 0 Å². The third-order valence-corrected chi connectivity index (χ3v) is 3.29. The molecule has 3 rings (SSSR count). The molecule has 1 N–H and O–H groups in total. The highest BCUT2D eigenvalue weighted by atomic mass is 35.5. The van der Waals surface area contributed by atoms with Crippen LogP contribution in [0.5, 0.6) is 0 Å². The molecule has 0 radical (unpaired) electrons. The predicted octanol–water partition coefficient (Wildman–Crippen LogP) is 2.73. The molecule has 4 nitrogen and oxygen atoms in total. The van der Waals surface area contributed by atoms with Crippen molar-refractivity contribution in [3.63, 3.8) is 0 Å². The molecule has 88 valence electrons. The van der Waals surface area contributed by atoms with Gasteiger partial charge < -0.3 is 9.84 Å². The zero-order valence-corrected chi connectivity index (χ0v) is 10.3. The van der Waals surface area contributed by atoms with Crippen molar-refractivity contribution >= 4 is 23.2 Å². The SMILES string of the molecule is Clc1ccc(-c2noc(C3CNC3)n2)c(Cl)c1. The molecule has 0 bridgehead atoms. The zero-order valence-electron chi connectivity index (χ0n) is 8.78. The van der Waals surface area contributed by atoms with E-state index in [-0.39, 0.29) is 0 Å². The Morgan fingerprint density at radius 1 is 1.29 bits per heavy atom. The van der Waals surface area contributed by atoms with Gasteiger partial charge in [0.15, 0.2) is 0 Å². The van der Waals surface area contributed by atoms with Gasteiger partial charge in [0, 0.05) is 23.7 Å². The lowest BCUT2D eigenvalue weighted by molar-refractivity contribution is 0.308. The maximum atomic E-state index is 6.08. The van der Waals surface area contributed by atoms with Gasteiger partial charge in [-0.2, -0.15) is 4.98 Å². The molecule has 0 aliphatic carbocycles. The first kappa shape index (κ1) is 11.0. The predicted molar refractivity (Wildman–Crippen MR) is 65.4 cm³/mol. The van der Waals surface area contributed by atoms with E-state index in [1.165, 1.54) is 0 Å². The number of nitrogens with one attached hydrogen (secondary N) is 1. The summed E-state index contributed by atoms with van der Waals surface area (Å²) in [6, 6.07) is 5.21. The summed E-state index contributed by atoms with van der Waals surface area (Å²) in [7, 11) is 0. The van der Waals surface area contributed by atoms with Gasteiger partial charge in [0.05, 0.1) is 10.9 Å². The van der Waals surface area contributed by atoms with Gasteiger partial charge >= 0.3 is 0 Å². The molecule has 0 atom stereocenters. The second-order valence-electron chi connectivity index (χ2n) is 3.94. The van der Waals surface area contributed by atoms with E-state index < -0.39 is 0 Å². The molecule has 1 fully saturated rings. The maximum Gasteiger partial charge on any atom is 0.232 e. The molecule has 0 spiro atoms. The molecule has 17 heavy (non-hydrogen) atoms. The normalized spacial score (nSPS) is 15.9. The first-order chi connectivity index (χ1) is 8.24. The number of nitrogens with zero attached hydrogens (tertiary/aromatic N) is 2. The molecular formula is C11H9Cl2N3O. The van der Waals surface area contributed by atoms with E-state index in [9.17, 15) is 0 Å². The quantitative estimate of drug-likeness (QED) is 0.911. The number of hydrogen-bond donors (Lipinski definition) is 1. The van der Waals surface area contributed by atoms with E-state index in [2.05, 4.69) is 15.5 Å². The van der Waals surface area contributed by atoms with Gasteiger partial charge in [0.1, 0.15) is 0 Å². The molecule has 1 aliphatic rings. The van der Waals surface area contributed by atoms with Gasteiger partial charge in [-0.1, -0.05) is 28.4 Å². The van der Waals surface area contributed by atoms with Gasteiger partial charge in [-0.05, 0) is 18.2 Å². The molecule has 0 unspecified atom stereocenters. The van der Waals surface area contributed by atoms with Crippen molar-refractivity contribution < 1.29 is 4.52 Å². The minimum absolute atomic E-state index is 0.322. The molecule has 2 aromatic rings. The van der Waals surface area contributed by atoms with Crippen LogP contribution < -0.4 is 5.32 Å². The molecule has 1 aromatic heterocycles. The van der Waals surface area contributed by atoms with Crippen LogP contribution in [0.4, 0.5) is 0 Å². The number of aromatic nitrogens is 2. The Kier molecular flexibility index (Phi) is 2.78. The summed E-state index contributed by atoms with van der Waals surface area (Å²) in [6.07, 6.45) is 0. The lowest BCUT2D eigenvalue weighted by Crippen LogP contribution is -2.40. The Balaban J connectivity index is 1.94. The number of hydrogen-bond acceptors (Lipinski definition) is 4. The van der Waals surface area contributed by atoms with Crippen molar-refractivity contribution in [3.8, 4) is 11.4 Å². The average molecular weight is 270 g/mol. The number of rotatable bonds is 2. The van der Waals surface area contributed by atoms with Gasteiger partial charge in [0.2, 0.25) is 11.7 Å². The van der Waals surface area contributed by atoms with Gasteiger partial charge in [0.25, 0.3) is 0 Å². The van der Waals surface area contributed by atoms with Gasteiger partial charge in [-0.3, -0.25) is 0 Å². The number of halogens is 2. The van der Waals surface area contributed by atoms with Crippen molar-refractivity contribution in [2.75, 3.05) is 13.1 Å². The highest BCUT2D eigenvalue weighted by molar-refractivity contribution is 6.36. The fourth-order valence-corrected chi connectivity index (χ4v) is 2.14. The molecule has 0 saturated carbocycles. The Morgan fingerprint density at radius 3 is 2.76 bits per heavy atom. The van der Waals surface area contributed by atoms with Crippen LogP contribution in [0.25, 0.3) is 11.4 Å². The fraction of sp³-hybridized carbons (Fsp3) is 0.273. The highest BCUT2D eigenvalue weighted by Gasteiger charge is 2.25. The second kappa shape index (κ2) is 4.29. The first-order valence-corrected chi connectivity index (χ1v) is 5.99. The summed E-state index contributed by atoms with van der Waals surface area (Å²) >= 11 is 11.9. The first-order valence-electron chi connectivity index (χ1n) is 5.24. The summed E-state index contributed by atoms with van der Waals surface area (Å²) in [4.78, 5) is 4.35. The highest BCUT2D eigenvalue weighted by Crippen LogP contribution is 2.29. The third-order valence-electron chi connectivity index (χ3n) is 2.74. The summed E-state index contributed by atoms with van der Waals surface area (Å²) in [6.45, 7) is 1.77. The van der Waals surface area contributed by atoms with E-state index in [0.717, 1.165) is 18.7 Å². The standard InChI is InChI=1S/C11H9Cl2N3O/c12-7-1-2-8(9(13)3-7)10-15-11(17-16-10)6-4-14-5-6/h1-3,6,14H,4-5H2. The zero-order chi connectivity index (χ0) is 11.8. The van der Waals surface area contributed by atoms with Crippen LogP contribution in [0.2, 0.25) is 10.0 Å². The topological polar surface area (TPSA) is 51.0 Å². The largest absolute Gasteiger partial charge is 0.339 e. The van der Waals surface area contributed by atoms with Crippen LogP contribution >= 0.6 is 23.2 Å². The van der Waals surface area contributed by atoms with E-state index in [4.69, 9.17) is 27.7 Å². The summed E-state index contributed by atoms with van der Waals surface area (Å²) in [5.41, 5.74) is 0.735. The minimum atomic E-state index is 0.322. The van der Waals surface area contributed by atoms with Gasteiger partial charge in [-0.25, -0.2) is 0 Å². The summed E-state index contributed by atoms with van der Waals surface area (Å²) in [5, 5.41) is 8.21. The summed E-state index contributed by atoms with van der Waals surface area (Å²) in [5.74, 6) is 1.49. The molecular weight excluding hydrogens is 261 g/mol. The molecule has 1 aliphatic heterocycles. The molecule has 2 heterocycles. The second-order valence-corrected chi connectivity index (χ2v) is 4.78. The van der Waals surface area contributed by atoms with Crippen LogP contribution in [-0.4, -0.2) is 23.2 Å². The molecule has 0 amide bonds. The third kappa shape index (κ3) is 2.04. The van der Waals surface area contributed by atoms with E-state index in [1.54, 1.807) is 18.2 Å². The molecule has 1 saturated heterocycles. The van der Waals surface area contributed by atoms with Crippen LogP contribution in [-0.2, 0) is 0 Å². The van der Waals surface area contributed by atoms with Crippen molar-refractivity contribution in [1.29, 1.82) is 0 Å². The van der Waals surface area contributed by atoms with Crippen LogP contribution in [0.1, 0.15) is 11.8 Å². The minimum Gasteiger partial charge on any atom is -0.339 e. The Labute approximate surface area is 108 Å². The van der Waals surface area contributed by atoms with Crippen molar-refractivity contribution in [1.82, 2.24) is 15.5 Å². The van der Waals surface area contributed by atoms with Crippen LogP contribution in [0.3, 0.4) is 0 Å². The summed E-state index contributed by atoms with van der Waals surface area (Å²) < 4.78 is 5.22.